The Labute approximate surface area is 129 Å². The molecule has 0 bridgehead atoms. The van der Waals surface area contributed by atoms with Crippen LogP contribution in [0.25, 0.3) is 0 Å². The van der Waals surface area contributed by atoms with Crippen LogP contribution >= 0.6 is 34.2 Å². The molecule has 0 aliphatic rings. The van der Waals surface area contributed by atoms with Crippen molar-refractivity contribution in [2.75, 3.05) is 0 Å². The lowest BCUT2D eigenvalue weighted by molar-refractivity contribution is 0.0955. The molecule has 98 valence electrons. The number of rotatable bonds is 3. The standard InChI is InChI=1S/C13H10ClIN2O2/c1-8-2-4-10(11(14)6-8)13(18)17-16-7-9-3-5-12(15)19-9/h2-7H,1H3,(H,17,18)/b16-7+. The van der Waals surface area contributed by atoms with Crippen LogP contribution in [0.1, 0.15) is 21.7 Å². The molecule has 0 fully saturated rings. The van der Waals surface area contributed by atoms with Gasteiger partial charge in [-0.05, 0) is 59.3 Å². The highest BCUT2D eigenvalue weighted by atomic mass is 127. The quantitative estimate of drug-likeness (QED) is 0.496. The number of hydrogen-bond acceptors (Lipinski definition) is 3. The van der Waals surface area contributed by atoms with Crippen LogP contribution in [0.15, 0.2) is 39.9 Å². The highest BCUT2D eigenvalue weighted by Gasteiger charge is 2.09. The van der Waals surface area contributed by atoms with Crippen LogP contribution in [0.5, 0.6) is 0 Å². The van der Waals surface area contributed by atoms with Gasteiger partial charge in [0, 0.05) is 0 Å². The lowest BCUT2D eigenvalue weighted by atomic mass is 10.1. The molecule has 0 unspecified atom stereocenters. The van der Waals surface area contributed by atoms with E-state index >= 15 is 0 Å². The number of nitrogens with one attached hydrogen (secondary N) is 1. The lowest BCUT2D eigenvalue weighted by Gasteiger charge is -2.03. The SMILES string of the molecule is Cc1ccc(C(=O)N/N=C/c2ccc(I)o2)c(Cl)c1. The Kier molecular flexibility index (Phi) is 4.60. The molecule has 0 aliphatic heterocycles. The molecule has 19 heavy (non-hydrogen) atoms. The van der Waals surface area contributed by atoms with E-state index in [9.17, 15) is 4.79 Å². The van der Waals surface area contributed by atoms with Gasteiger partial charge in [-0.15, -0.1) is 0 Å². The number of carbonyl (C=O) groups is 1. The Morgan fingerprint density at radius 2 is 2.21 bits per heavy atom. The van der Waals surface area contributed by atoms with Crippen molar-refractivity contribution >= 4 is 46.3 Å². The third-order valence-corrected chi connectivity index (χ3v) is 3.21. The molecule has 0 radical (unpaired) electrons. The summed E-state index contributed by atoms with van der Waals surface area (Å²) in [5, 5.41) is 4.22. The minimum Gasteiger partial charge on any atom is -0.449 e. The maximum Gasteiger partial charge on any atom is 0.272 e. The first kappa shape index (κ1) is 14.1. The molecule has 2 rings (SSSR count). The first-order valence-electron chi connectivity index (χ1n) is 5.41. The van der Waals surface area contributed by atoms with Crippen molar-refractivity contribution in [3.05, 3.63) is 56.0 Å². The minimum absolute atomic E-state index is 0.359. The van der Waals surface area contributed by atoms with Crippen molar-refractivity contribution in [2.45, 2.75) is 6.92 Å². The number of nitrogens with zero attached hydrogens (tertiary/aromatic N) is 1. The van der Waals surface area contributed by atoms with Crippen LogP contribution in [0.4, 0.5) is 0 Å². The fraction of sp³-hybridized carbons (Fsp3) is 0.0769. The largest absolute Gasteiger partial charge is 0.449 e. The summed E-state index contributed by atoms with van der Waals surface area (Å²) < 4.78 is 6.03. The van der Waals surface area contributed by atoms with E-state index in [0.717, 1.165) is 9.33 Å². The van der Waals surface area contributed by atoms with E-state index in [0.29, 0.717) is 16.3 Å². The van der Waals surface area contributed by atoms with Crippen molar-refractivity contribution in [1.82, 2.24) is 5.43 Å². The van der Waals surface area contributed by atoms with Gasteiger partial charge in [-0.3, -0.25) is 4.79 Å². The van der Waals surface area contributed by atoms with Crippen molar-refractivity contribution < 1.29 is 9.21 Å². The molecule has 0 saturated carbocycles. The smallest absolute Gasteiger partial charge is 0.272 e. The third kappa shape index (κ3) is 3.81. The third-order valence-electron chi connectivity index (χ3n) is 2.32. The number of hydrogen-bond donors (Lipinski definition) is 1. The Hall–Kier alpha value is -1.34. The second kappa shape index (κ2) is 6.21. The van der Waals surface area contributed by atoms with Gasteiger partial charge >= 0.3 is 0 Å². The highest BCUT2D eigenvalue weighted by molar-refractivity contribution is 14.1. The molecule has 1 amide bonds. The van der Waals surface area contributed by atoms with Gasteiger partial charge in [-0.2, -0.15) is 5.10 Å². The number of furan rings is 1. The molecule has 1 heterocycles. The predicted octanol–water partition coefficient (Wildman–Crippen LogP) is 3.61. The first-order valence-corrected chi connectivity index (χ1v) is 6.87. The summed E-state index contributed by atoms with van der Waals surface area (Å²) in [7, 11) is 0. The average molecular weight is 389 g/mol. The predicted molar refractivity (Wildman–Crippen MR) is 82.7 cm³/mol. The molecule has 0 saturated heterocycles. The lowest BCUT2D eigenvalue weighted by Crippen LogP contribution is -2.18. The normalized spacial score (nSPS) is 10.9. The summed E-state index contributed by atoms with van der Waals surface area (Å²) in [5.74, 6) is 0.210. The maximum absolute atomic E-state index is 11.8. The Balaban J connectivity index is 2.03. The van der Waals surface area contributed by atoms with Gasteiger partial charge in [0.25, 0.3) is 5.91 Å². The molecule has 2 aromatic rings. The first-order chi connectivity index (χ1) is 9.06. The molecular weight excluding hydrogens is 379 g/mol. The summed E-state index contributed by atoms with van der Waals surface area (Å²) >= 11 is 8.04. The van der Waals surface area contributed by atoms with Gasteiger partial charge in [0.15, 0.2) is 3.77 Å². The van der Waals surface area contributed by atoms with Crippen molar-refractivity contribution in [1.29, 1.82) is 0 Å². The minimum atomic E-state index is -0.359. The van der Waals surface area contributed by atoms with E-state index in [4.69, 9.17) is 16.0 Å². The zero-order chi connectivity index (χ0) is 13.8. The zero-order valence-corrected chi connectivity index (χ0v) is 12.9. The molecule has 0 aliphatic carbocycles. The van der Waals surface area contributed by atoms with Crippen molar-refractivity contribution in [3.63, 3.8) is 0 Å². The molecule has 0 spiro atoms. The number of carbonyl (C=O) groups excluding carboxylic acids is 1. The van der Waals surface area contributed by atoms with E-state index in [1.54, 1.807) is 24.3 Å². The second-order valence-electron chi connectivity index (χ2n) is 3.82. The molecule has 1 aromatic heterocycles. The van der Waals surface area contributed by atoms with Crippen LogP contribution in [0, 0.1) is 10.7 Å². The van der Waals surface area contributed by atoms with E-state index in [1.807, 2.05) is 35.6 Å². The van der Waals surface area contributed by atoms with Crippen molar-refractivity contribution in [3.8, 4) is 0 Å². The van der Waals surface area contributed by atoms with Gasteiger partial charge in [0.2, 0.25) is 0 Å². The number of halogens is 2. The van der Waals surface area contributed by atoms with Crippen molar-refractivity contribution in [2.24, 2.45) is 5.10 Å². The Morgan fingerprint density at radius 1 is 1.42 bits per heavy atom. The topological polar surface area (TPSA) is 54.6 Å². The van der Waals surface area contributed by atoms with Gasteiger partial charge in [-0.25, -0.2) is 5.43 Å². The highest BCUT2D eigenvalue weighted by Crippen LogP contribution is 2.17. The van der Waals surface area contributed by atoms with Gasteiger partial charge in [0.1, 0.15) is 5.76 Å². The number of benzene rings is 1. The summed E-state index contributed by atoms with van der Waals surface area (Å²) in [4.78, 5) is 11.8. The average Bonchev–Trinajstić information content (AvgIpc) is 2.75. The summed E-state index contributed by atoms with van der Waals surface area (Å²) in [6.45, 7) is 1.91. The molecule has 0 atom stereocenters. The summed E-state index contributed by atoms with van der Waals surface area (Å²) in [6, 6.07) is 8.78. The van der Waals surface area contributed by atoms with E-state index in [-0.39, 0.29) is 5.91 Å². The molecular formula is C13H10ClIN2O2. The Bertz CT molecular complexity index is 637. The van der Waals surface area contributed by atoms with Crippen LogP contribution in [0.2, 0.25) is 5.02 Å². The van der Waals surface area contributed by atoms with Gasteiger partial charge in [0.05, 0.1) is 16.8 Å². The molecule has 1 aromatic carbocycles. The fourth-order valence-electron chi connectivity index (χ4n) is 1.42. The van der Waals surface area contributed by atoms with Crippen LogP contribution in [0.3, 0.4) is 0 Å². The monoisotopic (exact) mass is 388 g/mol. The number of amides is 1. The van der Waals surface area contributed by atoms with Crippen LogP contribution in [-0.2, 0) is 0 Å². The molecule has 4 nitrogen and oxygen atoms in total. The van der Waals surface area contributed by atoms with E-state index in [1.165, 1.54) is 6.21 Å². The van der Waals surface area contributed by atoms with Gasteiger partial charge in [-0.1, -0.05) is 17.7 Å². The molecule has 1 N–H and O–H groups in total. The van der Waals surface area contributed by atoms with Gasteiger partial charge < -0.3 is 4.42 Å². The fourth-order valence-corrected chi connectivity index (χ4v) is 2.17. The second-order valence-corrected chi connectivity index (χ2v) is 5.29. The van der Waals surface area contributed by atoms with Crippen LogP contribution in [-0.4, -0.2) is 12.1 Å². The number of aryl methyl sites for hydroxylation is 1. The summed E-state index contributed by atoms with van der Waals surface area (Å²) in [5.41, 5.74) is 3.78. The Morgan fingerprint density at radius 3 is 2.84 bits per heavy atom. The van der Waals surface area contributed by atoms with E-state index in [2.05, 4.69) is 10.5 Å². The van der Waals surface area contributed by atoms with E-state index < -0.39 is 0 Å². The van der Waals surface area contributed by atoms with Crippen LogP contribution < -0.4 is 5.43 Å². The molecule has 6 heteroatoms. The number of hydrazone groups is 1. The maximum atomic E-state index is 11.8. The summed E-state index contributed by atoms with van der Waals surface area (Å²) in [6.07, 6.45) is 1.43. The zero-order valence-electron chi connectivity index (χ0n) is 9.98.